The van der Waals surface area contributed by atoms with Gasteiger partial charge in [-0.15, -0.1) is 0 Å². The van der Waals surface area contributed by atoms with E-state index in [1.54, 1.807) is 16.9 Å². The van der Waals surface area contributed by atoms with Gasteiger partial charge in [-0.05, 0) is 24.1 Å². The van der Waals surface area contributed by atoms with Gasteiger partial charge in [0.2, 0.25) is 5.91 Å². The summed E-state index contributed by atoms with van der Waals surface area (Å²) < 4.78 is 20.8. The zero-order valence-corrected chi connectivity index (χ0v) is 14.5. The van der Waals surface area contributed by atoms with Crippen molar-refractivity contribution in [3.8, 4) is 5.75 Å². The Hall–Kier alpha value is -2.41. The van der Waals surface area contributed by atoms with E-state index in [4.69, 9.17) is 4.74 Å². The van der Waals surface area contributed by atoms with Crippen molar-refractivity contribution in [1.29, 1.82) is 0 Å². The SMILES string of the molecule is CCCOc1cc(F)ccc1NC(=O)[C@H]1CNC[C@@H]1c1cnn(C)c1. The van der Waals surface area contributed by atoms with Crippen LogP contribution >= 0.6 is 0 Å². The highest BCUT2D eigenvalue weighted by molar-refractivity contribution is 5.95. The molecule has 1 aliphatic heterocycles. The van der Waals surface area contributed by atoms with Gasteiger partial charge in [0.25, 0.3) is 0 Å². The van der Waals surface area contributed by atoms with Crippen molar-refractivity contribution >= 4 is 11.6 Å². The maximum Gasteiger partial charge on any atom is 0.229 e. The minimum absolute atomic E-state index is 0.0640. The lowest BCUT2D eigenvalue weighted by Crippen LogP contribution is -2.28. The minimum atomic E-state index is -0.389. The van der Waals surface area contributed by atoms with Crippen LogP contribution in [0.3, 0.4) is 0 Å². The van der Waals surface area contributed by atoms with E-state index in [0.717, 1.165) is 18.5 Å². The number of benzene rings is 1. The van der Waals surface area contributed by atoms with Crippen molar-refractivity contribution in [3.05, 3.63) is 42.0 Å². The summed E-state index contributed by atoms with van der Waals surface area (Å²) in [5, 5.41) is 10.4. The first-order valence-electron chi connectivity index (χ1n) is 8.51. The fourth-order valence-electron chi connectivity index (χ4n) is 3.09. The van der Waals surface area contributed by atoms with Crippen LogP contribution < -0.4 is 15.4 Å². The monoisotopic (exact) mass is 346 g/mol. The summed E-state index contributed by atoms with van der Waals surface area (Å²) in [6.45, 7) is 3.76. The predicted octanol–water partition coefficient (Wildman–Crippen LogP) is 2.29. The Labute approximate surface area is 146 Å². The summed E-state index contributed by atoms with van der Waals surface area (Å²) in [6, 6.07) is 4.16. The molecule has 6 nitrogen and oxygen atoms in total. The number of ether oxygens (including phenoxy) is 1. The molecule has 0 radical (unpaired) electrons. The van der Waals surface area contributed by atoms with Crippen molar-refractivity contribution in [2.45, 2.75) is 19.3 Å². The molecule has 0 saturated carbocycles. The van der Waals surface area contributed by atoms with Gasteiger partial charge in [0.05, 0.1) is 24.4 Å². The molecule has 1 amide bonds. The van der Waals surface area contributed by atoms with Crippen LogP contribution in [0, 0.1) is 11.7 Å². The van der Waals surface area contributed by atoms with E-state index in [9.17, 15) is 9.18 Å². The number of hydrogen-bond donors (Lipinski definition) is 2. The molecule has 0 aliphatic carbocycles. The van der Waals surface area contributed by atoms with Crippen molar-refractivity contribution in [3.63, 3.8) is 0 Å². The molecule has 2 heterocycles. The molecule has 0 spiro atoms. The normalized spacial score (nSPS) is 19.8. The molecule has 1 aliphatic rings. The Morgan fingerprint density at radius 1 is 1.48 bits per heavy atom. The molecule has 1 aromatic carbocycles. The first-order chi connectivity index (χ1) is 12.1. The molecular weight excluding hydrogens is 323 g/mol. The highest BCUT2D eigenvalue weighted by atomic mass is 19.1. The van der Waals surface area contributed by atoms with Gasteiger partial charge in [0.15, 0.2) is 0 Å². The van der Waals surface area contributed by atoms with Gasteiger partial charge in [-0.25, -0.2) is 4.39 Å². The van der Waals surface area contributed by atoms with Gasteiger partial charge in [-0.2, -0.15) is 5.10 Å². The second-order valence-corrected chi connectivity index (χ2v) is 6.30. The van der Waals surface area contributed by atoms with E-state index in [2.05, 4.69) is 15.7 Å². The first-order valence-corrected chi connectivity index (χ1v) is 8.51. The fourth-order valence-corrected chi connectivity index (χ4v) is 3.09. The smallest absolute Gasteiger partial charge is 0.229 e. The third-order valence-corrected chi connectivity index (χ3v) is 4.37. The number of aryl methyl sites for hydroxylation is 1. The summed E-state index contributed by atoms with van der Waals surface area (Å²) in [5.41, 5.74) is 1.53. The van der Waals surface area contributed by atoms with Crippen LogP contribution in [-0.2, 0) is 11.8 Å². The molecule has 7 heteroatoms. The van der Waals surface area contributed by atoms with Crippen molar-refractivity contribution in [2.24, 2.45) is 13.0 Å². The number of hydrogen-bond acceptors (Lipinski definition) is 4. The fraction of sp³-hybridized carbons (Fsp3) is 0.444. The molecule has 1 saturated heterocycles. The molecular formula is C18H23FN4O2. The van der Waals surface area contributed by atoms with Crippen LogP contribution in [0.1, 0.15) is 24.8 Å². The molecule has 2 aromatic rings. The molecule has 25 heavy (non-hydrogen) atoms. The van der Waals surface area contributed by atoms with Crippen LogP contribution in [0.5, 0.6) is 5.75 Å². The average molecular weight is 346 g/mol. The number of aromatic nitrogens is 2. The maximum atomic E-state index is 13.5. The third-order valence-electron chi connectivity index (χ3n) is 4.37. The van der Waals surface area contributed by atoms with Crippen LogP contribution in [0.15, 0.2) is 30.6 Å². The number of amides is 1. The van der Waals surface area contributed by atoms with E-state index >= 15 is 0 Å². The lowest BCUT2D eigenvalue weighted by molar-refractivity contribution is -0.119. The minimum Gasteiger partial charge on any atom is -0.491 e. The molecule has 0 unspecified atom stereocenters. The molecule has 1 fully saturated rings. The maximum absolute atomic E-state index is 13.5. The zero-order valence-electron chi connectivity index (χ0n) is 14.5. The lowest BCUT2D eigenvalue weighted by atomic mass is 9.90. The lowest BCUT2D eigenvalue weighted by Gasteiger charge is -2.18. The Kier molecular flexibility index (Phi) is 5.33. The second kappa shape index (κ2) is 7.65. The molecule has 1 aromatic heterocycles. The summed E-state index contributed by atoms with van der Waals surface area (Å²) >= 11 is 0. The third kappa shape index (κ3) is 3.99. The van der Waals surface area contributed by atoms with Gasteiger partial charge in [0.1, 0.15) is 11.6 Å². The molecule has 134 valence electrons. The quantitative estimate of drug-likeness (QED) is 0.842. The first kappa shape index (κ1) is 17.4. The van der Waals surface area contributed by atoms with Gasteiger partial charge >= 0.3 is 0 Å². The summed E-state index contributed by atoms with van der Waals surface area (Å²) in [7, 11) is 1.86. The number of anilines is 1. The predicted molar refractivity (Wildman–Crippen MR) is 93.1 cm³/mol. The van der Waals surface area contributed by atoms with Crippen molar-refractivity contribution in [2.75, 3.05) is 25.0 Å². The number of rotatable bonds is 6. The topological polar surface area (TPSA) is 68.2 Å². The Morgan fingerprint density at radius 3 is 3.04 bits per heavy atom. The Balaban J connectivity index is 1.75. The number of carbonyl (C=O) groups is 1. The van der Waals surface area contributed by atoms with E-state index in [1.165, 1.54) is 12.1 Å². The summed E-state index contributed by atoms with van der Waals surface area (Å²) in [5.74, 6) is -0.284. The second-order valence-electron chi connectivity index (χ2n) is 6.30. The summed E-state index contributed by atoms with van der Waals surface area (Å²) in [6.07, 6.45) is 4.54. The molecule has 2 N–H and O–H groups in total. The van der Waals surface area contributed by atoms with E-state index < -0.39 is 0 Å². The van der Waals surface area contributed by atoms with Gasteiger partial charge in [0, 0.05) is 38.3 Å². The van der Waals surface area contributed by atoms with Gasteiger partial charge in [-0.3, -0.25) is 9.48 Å². The van der Waals surface area contributed by atoms with E-state index in [0.29, 0.717) is 24.6 Å². The van der Waals surface area contributed by atoms with Crippen molar-refractivity contribution in [1.82, 2.24) is 15.1 Å². The molecule has 3 rings (SSSR count). The molecule has 2 atom stereocenters. The average Bonchev–Trinajstić information content (AvgIpc) is 3.23. The van der Waals surface area contributed by atoms with Crippen LogP contribution in [0.25, 0.3) is 0 Å². The Morgan fingerprint density at radius 2 is 2.32 bits per heavy atom. The zero-order chi connectivity index (χ0) is 17.8. The highest BCUT2D eigenvalue weighted by Gasteiger charge is 2.35. The highest BCUT2D eigenvalue weighted by Crippen LogP contribution is 2.31. The van der Waals surface area contributed by atoms with E-state index in [-0.39, 0.29) is 23.6 Å². The van der Waals surface area contributed by atoms with E-state index in [1.807, 2.05) is 20.2 Å². The summed E-state index contributed by atoms with van der Waals surface area (Å²) in [4.78, 5) is 12.8. The largest absolute Gasteiger partial charge is 0.491 e. The van der Waals surface area contributed by atoms with Crippen molar-refractivity contribution < 1.29 is 13.9 Å². The standard InChI is InChI=1S/C18H23FN4O2/c1-3-6-25-17-7-13(19)4-5-16(17)22-18(24)15-10-20-9-14(15)12-8-21-23(2)11-12/h4-5,7-8,11,14-15,20H,3,6,9-10H2,1-2H3,(H,22,24)/t14-,15+/m1/s1. The van der Waals surface area contributed by atoms with Gasteiger partial charge in [-0.1, -0.05) is 6.92 Å². The van der Waals surface area contributed by atoms with Crippen LogP contribution in [0.2, 0.25) is 0 Å². The number of carbonyl (C=O) groups excluding carboxylic acids is 1. The Bertz CT molecular complexity index is 746. The van der Waals surface area contributed by atoms with Crippen LogP contribution in [-0.4, -0.2) is 35.4 Å². The van der Waals surface area contributed by atoms with Gasteiger partial charge < -0.3 is 15.4 Å². The van der Waals surface area contributed by atoms with Crippen LogP contribution in [0.4, 0.5) is 10.1 Å². The number of nitrogens with zero attached hydrogens (tertiary/aromatic N) is 2. The number of nitrogens with one attached hydrogen (secondary N) is 2. The number of halogens is 1. The molecule has 0 bridgehead atoms.